The van der Waals surface area contributed by atoms with Crippen LogP contribution in [0.15, 0.2) is 54.7 Å². The number of nitrogens with one attached hydrogen (secondary N) is 2. The third-order valence-corrected chi connectivity index (χ3v) is 7.23. The highest BCUT2D eigenvalue weighted by Crippen LogP contribution is 2.30. The van der Waals surface area contributed by atoms with Gasteiger partial charge in [-0.1, -0.05) is 59.6 Å². The Balaban J connectivity index is 1.35. The number of rotatable bonds is 6. The molecule has 146 valence electrons. The molecule has 2 heterocycles. The lowest BCUT2D eigenvalue weighted by atomic mass is 9.94. The Hall–Kier alpha value is -1.59. The SMILES string of the molecule is O=S(CCC1CC(c2ccccc2)=CCN1)Cc1c[nH]c2cc(Cl)c(Cl)cc12. The van der Waals surface area contributed by atoms with Gasteiger partial charge < -0.3 is 10.3 Å². The Morgan fingerprint density at radius 2 is 1.89 bits per heavy atom. The fourth-order valence-corrected chi connectivity index (χ4v) is 5.28. The maximum absolute atomic E-state index is 12.7. The first-order chi connectivity index (χ1) is 13.6. The van der Waals surface area contributed by atoms with Gasteiger partial charge in [-0.25, -0.2) is 0 Å². The van der Waals surface area contributed by atoms with Gasteiger partial charge in [-0.15, -0.1) is 0 Å². The molecular formula is C22H22Cl2N2OS. The molecule has 2 N–H and O–H groups in total. The van der Waals surface area contributed by atoms with Crippen molar-refractivity contribution < 1.29 is 4.21 Å². The van der Waals surface area contributed by atoms with Gasteiger partial charge in [0.1, 0.15) is 0 Å². The second-order valence-electron chi connectivity index (χ2n) is 7.11. The predicted molar refractivity (Wildman–Crippen MR) is 120 cm³/mol. The molecule has 0 aliphatic carbocycles. The summed E-state index contributed by atoms with van der Waals surface area (Å²) in [6.07, 6.45) is 6.03. The molecule has 2 unspecified atom stereocenters. The van der Waals surface area contributed by atoms with Gasteiger partial charge in [0, 0.05) is 46.2 Å². The second kappa shape index (κ2) is 8.83. The lowest BCUT2D eigenvalue weighted by Gasteiger charge is -2.24. The standard InChI is InChI=1S/C22H22Cl2N2OS/c23-20-11-19-17(13-26-22(19)12-21(20)24)14-28(27)9-7-18-10-16(6-8-25-18)15-4-2-1-3-5-15/h1-6,11-13,18,25-26H,7-10,14H2. The number of fused-ring (bicyclic) bond motifs is 1. The van der Waals surface area contributed by atoms with Gasteiger partial charge in [0.15, 0.2) is 0 Å². The monoisotopic (exact) mass is 432 g/mol. The number of aromatic amines is 1. The molecule has 0 saturated carbocycles. The Morgan fingerprint density at radius 3 is 2.71 bits per heavy atom. The van der Waals surface area contributed by atoms with E-state index in [1.165, 1.54) is 11.1 Å². The first-order valence-electron chi connectivity index (χ1n) is 9.38. The number of hydrogen-bond acceptors (Lipinski definition) is 2. The molecule has 28 heavy (non-hydrogen) atoms. The summed E-state index contributed by atoms with van der Waals surface area (Å²) < 4.78 is 12.7. The minimum absolute atomic E-state index is 0.361. The first-order valence-corrected chi connectivity index (χ1v) is 11.6. The fourth-order valence-electron chi connectivity index (χ4n) is 3.68. The molecule has 0 amide bonds. The minimum Gasteiger partial charge on any atom is -0.361 e. The number of halogens is 2. The quantitative estimate of drug-likeness (QED) is 0.535. The van der Waals surface area contributed by atoms with Crippen molar-refractivity contribution in [3.63, 3.8) is 0 Å². The molecule has 1 aliphatic heterocycles. The Kier molecular flexibility index (Phi) is 6.22. The lowest BCUT2D eigenvalue weighted by Crippen LogP contribution is -2.34. The molecule has 0 radical (unpaired) electrons. The summed E-state index contributed by atoms with van der Waals surface area (Å²) in [5.74, 6) is 1.19. The van der Waals surface area contributed by atoms with Crippen LogP contribution in [0.1, 0.15) is 24.0 Å². The Morgan fingerprint density at radius 1 is 1.11 bits per heavy atom. The summed E-state index contributed by atoms with van der Waals surface area (Å²) in [5, 5.41) is 5.56. The van der Waals surface area contributed by atoms with E-state index in [-0.39, 0.29) is 0 Å². The molecule has 0 fully saturated rings. The van der Waals surface area contributed by atoms with Crippen LogP contribution in [0.25, 0.3) is 16.5 Å². The van der Waals surface area contributed by atoms with E-state index in [1.54, 1.807) is 0 Å². The van der Waals surface area contributed by atoms with E-state index in [2.05, 4.69) is 40.6 Å². The topological polar surface area (TPSA) is 44.9 Å². The molecule has 3 aromatic rings. The molecule has 6 heteroatoms. The van der Waals surface area contributed by atoms with Gasteiger partial charge in [-0.3, -0.25) is 4.21 Å². The molecule has 0 saturated heterocycles. The molecule has 2 atom stereocenters. The van der Waals surface area contributed by atoms with Crippen molar-refractivity contribution in [3.8, 4) is 0 Å². The molecule has 1 aliphatic rings. The minimum atomic E-state index is -0.930. The van der Waals surface area contributed by atoms with E-state index in [0.29, 0.717) is 27.6 Å². The zero-order chi connectivity index (χ0) is 19.5. The number of aromatic nitrogens is 1. The first kappa shape index (κ1) is 19.7. The number of hydrogen-bond donors (Lipinski definition) is 2. The molecule has 0 spiro atoms. The summed E-state index contributed by atoms with van der Waals surface area (Å²) in [6.45, 7) is 0.864. The van der Waals surface area contributed by atoms with Crippen molar-refractivity contribution in [2.45, 2.75) is 24.6 Å². The van der Waals surface area contributed by atoms with Crippen molar-refractivity contribution in [1.29, 1.82) is 0 Å². The van der Waals surface area contributed by atoms with Crippen molar-refractivity contribution in [2.24, 2.45) is 0 Å². The van der Waals surface area contributed by atoms with E-state index < -0.39 is 10.8 Å². The Bertz CT molecular complexity index is 1030. The van der Waals surface area contributed by atoms with Crippen LogP contribution >= 0.6 is 23.2 Å². The second-order valence-corrected chi connectivity index (χ2v) is 9.50. The summed E-state index contributed by atoms with van der Waals surface area (Å²) in [4.78, 5) is 3.19. The van der Waals surface area contributed by atoms with Crippen LogP contribution in [-0.4, -0.2) is 27.5 Å². The lowest BCUT2D eigenvalue weighted by molar-refractivity contribution is 0.522. The molecule has 0 bridgehead atoms. The van der Waals surface area contributed by atoms with Crippen LogP contribution in [0.3, 0.4) is 0 Å². The maximum atomic E-state index is 12.7. The van der Waals surface area contributed by atoms with Gasteiger partial charge in [-0.2, -0.15) is 0 Å². The van der Waals surface area contributed by atoms with Crippen molar-refractivity contribution in [1.82, 2.24) is 10.3 Å². The van der Waals surface area contributed by atoms with Crippen LogP contribution in [-0.2, 0) is 16.6 Å². The summed E-state index contributed by atoms with van der Waals surface area (Å²) in [6, 6.07) is 14.5. The fraction of sp³-hybridized carbons (Fsp3) is 0.273. The summed E-state index contributed by atoms with van der Waals surface area (Å²) in [7, 11) is -0.930. The largest absolute Gasteiger partial charge is 0.361 e. The normalized spacial score (nSPS) is 18.2. The van der Waals surface area contributed by atoms with Crippen LogP contribution in [0.2, 0.25) is 10.0 Å². The highest BCUT2D eigenvalue weighted by atomic mass is 35.5. The van der Waals surface area contributed by atoms with E-state index in [9.17, 15) is 4.21 Å². The number of H-pyrrole nitrogens is 1. The van der Waals surface area contributed by atoms with Gasteiger partial charge in [0.2, 0.25) is 0 Å². The smallest absolute Gasteiger partial charge is 0.0613 e. The molecule has 1 aromatic heterocycles. The third kappa shape index (κ3) is 4.52. The highest BCUT2D eigenvalue weighted by Gasteiger charge is 2.17. The zero-order valence-corrected chi connectivity index (χ0v) is 17.7. The van der Waals surface area contributed by atoms with E-state index in [1.807, 2.05) is 24.4 Å². The maximum Gasteiger partial charge on any atom is 0.0613 e. The number of benzene rings is 2. The van der Waals surface area contributed by atoms with Crippen LogP contribution in [0, 0.1) is 0 Å². The van der Waals surface area contributed by atoms with Crippen LogP contribution in [0.4, 0.5) is 0 Å². The van der Waals surface area contributed by atoms with Crippen molar-refractivity contribution >= 4 is 50.5 Å². The highest BCUT2D eigenvalue weighted by molar-refractivity contribution is 7.84. The molecule has 4 rings (SSSR count). The van der Waals surface area contributed by atoms with E-state index in [0.717, 1.165) is 35.9 Å². The van der Waals surface area contributed by atoms with Gasteiger partial charge in [-0.05, 0) is 41.7 Å². The summed E-state index contributed by atoms with van der Waals surface area (Å²) >= 11 is 12.2. The van der Waals surface area contributed by atoms with Gasteiger partial charge >= 0.3 is 0 Å². The summed E-state index contributed by atoms with van der Waals surface area (Å²) in [5.41, 5.74) is 4.60. The third-order valence-electron chi connectivity index (χ3n) is 5.18. The average molecular weight is 433 g/mol. The molecule has 2 aromatic carbocycles. The van der Waals surface area contributed by atoms with Crippen LogP contribution < -0.4 is 5.32 Å². The predicted octanol–water partition coefficient (Wildman–Crippen LogP) is 5.56. The Labute approximate surface area is 177 Å². The average Bonchev–Trinajstić information content (AvgIpc) is 3.09. The van der Waals surface area contributed by atoms with Gasteiger partial charge in [0.25, 0.3) is 0 Å². The van der Waals surface area contributed by atoms with Crippen molar-refractivity contribution in [3.05, 3.63) is 75.9 Å². The van der Waals surface area contributed by atoms with E-state index in [4.69, 9.17) is 23.2 Å². The van der Waals surface area contributed by atoms with E-state index >= 15 is 0 Å². The molecular weight excluding hydrogens is 411 g/mol. The van der Waals surface area contributed by atoms with Crippen molar-refractivity contribution in [2.75, 3.05) is 12.3 Å². The zero-order valence-electron chi connectivity index (χ0n) is 15.4. The van der Waals surface area contributed by atoms with Crippen LogP contribution in [0.5, 0.6) is 0 Å². The van der Waals surface area contributed by atoms with Gasteiger partial charge in [0.05, 0.1) is 15.8 Å². The molecule has 3 nitrogen and oxygen atoms in total.